The molecule has 1 aliphatic heterocycles. The number of hydrogen-bond acceptors (Lipinski definition) is 3. The van der Waals surface area contributed by atoms with Crippen LogP contribution in [-0.4, -0.2) is 0 Å². The molecule has 0 radical (unpaired) electrons. The molecule has 1 fully saturated rings. The molecule has 0 amide bonds. The number of hydrogen-bond donors (Lipinski definition) is 0. The predicted molar refractivity (Wildman–Crippen MR) is 110 cm³/mol. The van der Waals surface area contributed by atoms with Gasteiger partial charge in [-0.25, -0.2) is 0 Å². The lowest BCUT2D eigenvalue weighted by Gasteiger charge is -2.31. The monoisotopic (exact) mass is 367 g/mol. The zero-order valence-electron chi connectivity index (χ0n) is 15.4. The second-order valence-corrected chi connectivity index (χ2v) is 6.93. The molecule has 4 aromatic rings. The first-order chi connectivity index (χ1) is 13.9. The Morgan fingerprint density at radius 1 is 0.607 bits per heavy atom. The predicted octanol–water partition coefficient (Wildman–Crippen LogP) is 6.30. The van der Waals surface area contributed by atoms with Crippen LogP contribution in [0.4, 0.5) is 5.69 Å². The molecule has 3 nitrogen and oxygen atoms in total. The van der Waals surface area contributed by atoms with Crippen LogP contribution in [0, 0.1) is 0 Å². The van der Waals surface area contributed by atoms with Crippen molar-refractivity contribution in [3.05, 3.63) is 126 Å². The van der Waals surface area contributed by atoms with Crippen LogP contribution in [0.2, 0.25) is 0 Å². The lowest BCUT2D eigenvalue weighted by Crippen LogP contribution is -2.27. The fourth-order valence-corrected chi connectivity index (χ4v) is 3.99. The average molecular weight is 367 g/mol. The van der Waals surface area contributed by atoms with Gasteiger partial charge in [0.05, 0.1) is 12.3 Å². The van der Waals surface area contributed by atoms with Crippen LogP contribution in [0.3, 0.4) is 0 Å². The third-order valence-electron chi connectivity index (χ3n) is 5.22. The van der Waals surface area contributed by atoms with E-state index in [1.165, 1.54) is 5.56 Å². The summed E-state index contributed by atoms with van der Waals surface area (Å²) in [5.41, 5.74) is 3.48. The molecule has 138 valence electrons. The number of benzene rings is 3. The van der Waals surface area contributed by atoms with Crippen molar-refractivity contribution in [2.75, 3.05) is 4.90 Å². The number of furan rings is 1. The van der Waals surface area contributed by atoms with Crippen molar-refractivity contribution < 1.29 is 9.15 Å². The van der Waals surface area contributed by atoms with Crippen molar-refractivity contribution in [3.63, 3.8) is 0 Å². The maximum absolute atomic E-state index is 6.66. The topological polar surface area (TPSA) is 25.6 Å². The van der Waals surface area contributed by atoms with Crippen molar-refractivity contribution in [2.24, 2.45) is 0 Å². The zero-order chi connectivity index (χ0) is 18.8. The number of rotatable bonds is 4. The fraction of sp³-hybridized carbons (Fsp3) is 0.120. The van der Waals surface area contributed by atoms with Crippen molar-refractivity contribution >= 4 is 5.69 Å². The summed E-state index contributed by atoms with van der Waals surface area (Å²) in [6.07, 6.45) is 1.29. The fourth-order valence-electron chi connectivity index (χ4n) is 3.99. The van der Waals surface area contributed by atoms with Gasteiger partial charge < -0.3 is 14.1 Å². The lowest BCUT2D eigenvalue weighted by molar-refractivity contribution is 0.0287. The van der Waals surface area contributed by atoms with Gasteiger partial charge in [-0.1, -0.05) is 78.9 Å². The molecule has 0 saturated carbocycles. The van der Waals surface area contributed by atoms with Gasteiger partial charge in [-0.05, 0) is 35.4 Å². The van der Waals surface area contributed by atoms with Crippen LogP contribution in [0.5, 0.6) is 0 Å². The van der Waals surface area contributed by atoms with Crippen molar-refractivity contribution in [1.82, 2.24) is 0 Å². The van der Waals surface area contributed by atoms with E-state index in [1.807, 2.05) is 30.3 Å². The summed E-state index contributed by atoms with van der Waals surface area (Å²) in [6.45, 7) is 0. The van der Waals surface area contributed by atoms with Gasteiger partial charge in [-0.2, -0.15) is 0 Å². The Labute approximate surface area is 164 Å². The summed E-state index contributed by atoms with van der Waals surface area (Å²) in [5.74, 6) is 0.809. The maximum atomic E-state index is 6.66. The van der Waals surface area contributed by atoms with Crippen molar-refractivity contribution in [2.45, 2.75) is 18.4 Å². The molecule has 0 unspecified atom stereocenters. The molecule has 3 atom stereocenters. The van der Waals surface area contributed by atoms with Crippen LogP contribution < -0.4 is 4.90 Å². The van der Waals surface area contributed by atoms with Gasteiger partial charge in [0.1, 0.15) is 6.10 Å². The van der Waals surface area contributed by atoms with Gasteiger partial charge in [-0.3, -0.25) is 0 Å². The minimum absolute atomic E-state index is 0.0288. The van der Waals surface area contributed by atoms with Gasteiger partial charge in [0.15, 0.2) is 12.0 Å². The van der Waals surface area contributed by atoms with Crippen molar-refractivity contribution in [1.29, 1.82) is 0 Å². The molecule has 5 rings (SSSR count). The normalized spacial score (nSPS) is 21.7. The summed E-state index contributed by atoms with van der Waals surface area (Å²) >= 11 is 0. The SMILES string of the molecule is c1ccc([C@H]2O[C@@H](c3ccco3)N(c3ccccc3)[C@@H]2c2ccccc2)cc1. The van der Waals surface area contributed by atoms with Gasteiger partial charge in [0.2, 0.25) is 0 Å². The zero-order valence-corrected chi connectivity index (χ0v) is 15.4. The number of ether oxygens (including phenoxy) is 1. The Hall–Kier alpha value is -3.30. The summed E-state index contributed by atoms with van der Waals surface area (Å²) in [6, 6.07) is 35.3. The molecule has 28 heavy (non-hydrogen) atoms. The maximum Gasteiger partial charge on any atom is 0.190 e. The molecular weight excluding hydrogens is 346 g/mol. The van der Waals surface area contributed by atoms with E-state index >= 15 is 0 Å². The standard InChI is InChI=1S/C25H21NO2/c1-4-11-19(12-5-1)23-24(20-13-6-2-7-14-20)28-25(22-17-10-18-27-22)26(23)21-15-8-3-9-16-21/h1-18,23-25H/t23-,24-,25+/m1/s1. The number of anilines is 1. The molecule has 1 aromatic heterocycles. The second-order valence-electron chi connectivity index (χ2n) is 6.93. The van der Waals surface area contributed by atoms with Crippen LogP contribution in [0.15, 0.2) is 114 Å². The number of nitrogens with zero attached hydrogens (tertiary/aromatic N) is 1. The van der Waals surface area contributed by atoms with Crippen LogP contribution in [-0.2, 0) is 4.74 Å². The summed E-state index contributed by atoms with van der Waals surface area (Å²) in [7, 11) is 0. The summed E-state index contributed by atoms with van der Waals surface area (Å²) in [5, 5.41) is 0. The van der Waals surface area contributed by atoms with Crippen LogP contribution in [0.1, 0.15) is 35.3 Å². The van der Waals surface area contributed by atoms with Crippen molar-refractivity contribution in [3.8, 4) is 0 Å². The van der Waals surface area contributed by atoms with E-state index < -0.39 is 0 Å². The Bertz CT molecular complexity index is 1000. The average Bonchev–Trinajstić information content (AvgIpc) is 3.43. The van der Waals surface area contributed by atoms with Crippen LogP contribution >= 0.6 is 0 Å². The highest BCUT2D eigenvalue weighted by atomic mass is 16.5. The first kappa shape index (κ1) is 16.8. The first-order valence-corrected chi connectivity index (χ1v) is 9.54. The smallest absolute Gasteiger partial charge is 0.190 e. The van der Waals surface area contributed by atoms with Gasteiger partial charge >= 0.3 is 0 Å². The lowest BCUT2D eigenvalue weighted by atomic mass is 9.95. The molecule has 3 aromatic carbocycles. The van der Waals surface area contributed by atoms with E-state index in [0.29, 0.717) is 0 Å². The Balaban J connectivity index is 1.68. The molecule has 2 heterocycles. The number of para-hydroxylation sites is 1. The molecule has 0 aliphatic carbocycles. The molecule has 1 aliphatic rings. The highest BCUT2D eigenvalue weighted by Crippen LogP contribution is 2.52. The first-order valence-electron chi connectivity index (χ1n) is 9.54. The third kappa shape index (κ3) is 3.00. The van der Waals surface area contributed by atoms with E-state index in [9.17, 15) is 0 Å². The minimum atomic E-state index is -0.298. The van der Waals surface area contributed by atoms with Crippen LogP contribution in [0.25, 0.3) is 0 Å². The largest absolute Gasteiger partial charge is 0.465 e. The van der Waals surface area contributed by atoms with Gasteiger partial charge in [0, 0.05) is 5.69 Å². The quantitative estimate of drug-likeness (QED) is 0.423. The molecule has 3 heteroatoms. The van der Waals surface area contributed by atoms with E-state index in [0.717, 1.165) is 17.0 Å². The molecule has 0 N–H and O–H groups in total. The summed E-state index contributed by atoms with van der Waals surface area (Å²) in [4.78, 5) is 2.33. The molecule has 0 bridgehead atoms. The molecule has 1 saturated heterocycles. The third-order valence-corrected chi connectivity index (χ3v) is 5.22. The molecule has 0 spiro atoms. The summed E-state index contributed by atoms with van der Waals surface area (Å²) < 4.78 is 12.4. The van der Waals surface area contributed by atoms with E-state index in [2.05, 4.69) is 77.7 Å². The Morgan fingerprint density at radius 2 is 1.21 bits per heavy atom. The Kier molecular flexibility index (Phi) is 4.43. The highest BCUT2D eigenvalue weighted by Gasteiger charge is 2.45. The minimum Gasteiger partial charge on any atom is -0.465 e. The van der Waals surface area contributed by atoms with E-state index in [-0.39, 0.29) is 18.4 Å². The molecular formula is C25H21NO2. The van der Waals surface area contributed by atoms with E-state index in [4.69, 9.17) is 9.15 Å². The van der Waals surface area contributed by atoms with Gasteiger partial charge in [0.25, 0.3) is 0 Å². The van der Waals surface area contributed by atoms with E-state index in [1.54, 1.807) is 6.26 Å². The second kappa shape index (κ2) is 7.37. The highest BCUT2D eigenvalue weighted by molar-refractivity contribution is 5.52. The van der Waals surface area contributed by atoms with Gasteiger partial charge in [-0.15, -0.1) is 0 Å². The Morgan fingerprint density at radius 3 is 1.82 bits per heavy atom.